The molecule has 0 fully saturated rings. The Morgan fingerprint density at radius 3 is 2.88 bits per heavy atom. The number of carboxylic acid groups (broad SMARTS) is 1. The number of aliphatic carboxylic acids is 1. The van der Waals surface area contributed by atoms with Gasteiger partial charge in [-0.1, -0.05) is 6.92 Å². The molecule has 4 N–H and O–H groups in total. The van der Waals surface area contributed by atoms with E-state index in [4.69, 9.17) is 5.11 Å². The molecule has 7 nitrogen and oxygen atoms in total. The van der Waals surface area contributed by atoms with Crippen molar-refractivity contribution in [3.05, 3.63) is 18.2 Å². The van der Waals surface area contributed by atoms with Crippen LogP contribution in [-0.2, 0) is 11.3 Å². The van der Waals surface area contributed by atoms with E-state index >= 15 is 0 Å². The molecule has 2 amide bonds. The first-order valence-electron chi connectivity index (χ1n) is 4.88. The zero-order chi connectivity index (χ0) is 12.0. The number of imidazole rings is 1. The Balaban J connectivity index is 2.33. The molecule has 0 saturated heterocycles. The van der Waals surface area contributed by atoms with E-state index in [1.165, 1.54) is 6.33 Å². The molecular weight excluding hydrogens is 212 g/mol. The van der Waals surface area contributed by atoms with Crippen LogP contribution in [0.1, 0.15) is 19.0 Å². The third-order valence-corrected chi connectivity index (χ3v) is 2.01. The normalized spacial score (nSPS) is 11.8. The maximum atomic E-state index is 11.3. The smallest absolute Gasteiger partial charge is 0.326 e. The predicted molar refractivity (Wildman–Crippen MR) is 55.7 cm³/mol. The number of rotatable bonds is 5. The summed E-state index contributed by atoms with van der Waals surface area (Å²) in [5.41, 5.74) is 0.749. The van der Waals surface area contributed by atoms with Crippen LogP contribution >= 0.6 is 0 Å². The minimum Gasteiger partial charge on any atom is -0.480 e. The number of hydrogen-bond acceptors (Lipinski definition) is 3. The lowest BCUT2D eigenvalue weighted by Crippen LogP contribution is -2.45. The lowest BCUT2D eigenvalue weighted by atomic mass is 10.2. The monoisotopic (exact) mass is 226 g/mol. The molecule has 1 atom stereocenters. The van der Waals surface area contributed by atoms with Crippen LogP contribution in [0.3, 0.4) is 0 Å². The summed E-state index contributed by atoms with van der Waals surface area (Å²) < 4.78 is 0. The highest BCUT2D eigenvalue weighted by Gasteiger charge is 2.16. The molecule has 1 heterocycles. The summed E-state index contributed by atoms with van der Waals surface area (Å²) in [4.78, 5) is 28.5. The number of nitrogens with zero attached hydrogens (tertiary/aromatic N) is 1. The van der Waals surface area contributed by atoms with Crippen molar-refractivity contribution in [2.75, 3.05) is 0 Å². The van der Waals surface area contributed by atoms with Gasteiger partial charge in [0.1, 0.15) is 6.04 Å². The Hall–Kier alpha value is -2.05. The molecule has 1 aromatic rings. The molecule has 16 heavy (non-hydrogen) atoms. The number of carbonyl (C=O) groups is 2. The van der Waals surface area contributed by atoms with Gasteiger partial charge >= 0.3 is 12.0 Å². The van der Waals surface area contributed by atoms with Crippen LogP contribution in [0, 0.1) is 0 Å². The average molecular weight is 226 g/mol. The SMILES string of the molecule is CC[C@H](NC(=O)NCc1cnc[nH]1)C(=O)O. The Bertz CT molecular complexity index is 350. The van der Waals surface area contributed by atoms with E-state index in [1.807, 2.05) is 0 Å². The van der Waals surface area contributed by atoms with E-state index in [-0.39, 0.29) is 6.54 Å². The maximum Gasteiger partial charge on any atom is 0.326 e. The largest absolute Gasteiger partial charge is 0.480 e. The number of nitrogens with one attached hydrogen (secondary N) is 3. The summed E-state index contributed by atoms with van der Waals surface area (Å²) in [5, 5.41) is 13.6. The molecule has 0 aromatic carbocycles. The molecule has 0 radical (unpaired) electrons. The van der Waals surface area contributed by atoms with Gasteiger partial charge in [0.15, 0.2) is 0 Å². The second kappa shape index (κ2) is 5.74. The van der Waals surface area contributed by atoms with Gasteiger partial charge in [0.25, 0.3) is 0 Å². The predicted octanol–water partition coefficient (Wildman–Crippen LogP) is 0.0721. The molecule has 0 aliphatic heterocycles. The molecule has 7 heteroatoms. The lowest BCUT2D eigenvalue weighted by molar-refractivity contribution is -0.139. The molecule has 0 spiro atoms. The van der Waals surface area contributed by atoms with Gasteiger partial charge in [-0.15, -0.1) is 0 Å². The first-order valence-corrected chi connectivity index (χ1v) is 4.88. The van der Waals surface area contributed by atoms with E-state index < -0.39 is 18.0 Å². The molecule has 0 aliphatic rings. The van der Waals surface area contributed by atoms with Gasteiger partial charge in [-0.2, -0.15) is 0 Å². The summed E-state index contributed by atoms with van der Waals surface area (Å²) in [6.07, 6.45) is 3.42. The number of carboxylic acids is 1. The minimum atomic E-state index is -1.04. The third-order valence-electron chi connectivity index (χ3n) is 2.01. The van der Waals surface area contributed by atoms with Crippen molar-refractivity contribution in [2.24, 2.45) is 0 Å². The van der Waals surface area contributed by atoms with Crippen molar-refractivity contribution in [3.63, 3.8) is 0 Å². The molecule has 0 unspecified atom stereocenters. The van der Waals surface area contributed by atoms with E-state index in [2.05, 4.69) is 20.6 Å². The van der Waals surface area contributed by atoms with Gasteiger partial charge in [0, 0.05) is 6.20 Å². The topological polar surface area (TPSA) is 107 Å². The minimum absolute atomic E-state index is 0.280. The number of amides is 2. The highest BCUT2D eigenvalue weighted by atomic mass is 16.4. The second-order valence-corrected chi connectivity index (χ2v) is 3.20. The quantitative estimate of drug-likeness (QED) is 0.570. The van der Waals surface area contributed by atoms with E-state index in [0.29, 0.717) is 6.42 Å². The summed E-state index contributed by atoms with van der Waals surface area (Å²) in [5.74, 6) is -1.04. The molecule has 0 bridgehead atoms. The first kappa shape index (κ1) is 12.0. The van der Waals surface area contributed by atoms with Crippen LogP contribution in [0.2, 0.25) is 0 Å². The van der Waals surface area contributed by atoms with Crippen LogP contribution in [0.4, 0.5) is 4.79 Å². The fourth-order valence-electron chi connectivity index (χ4n) is 1.10. The summed E-state index contributed by atoms with van der Waals surface area (Å²) in [7, 11) is 0. The molecular formula is C9H14N4O3. The van der Waals surface area contributed by atoms with Crippen molar-refractivity contribution >= 4 is 12.0 Å². The zero-order valence-corrected chi connectivity index (χ0v) is 8.86. The van der Waals surface area contributed by atoms with Gasteiger partial charge in [-0.05, 0) is 6.42 Å². The number of urea groups is 1. The average Bonchev–Trinajstić information content (AvgIpc) is 2.75. The molecule has 1 rings (SSSR count). The van der Waals surface area contributed by atoms with Crippen molar-refractivity contribution in [1.29, 1.82) is 0 Å². The fourth-order valence-corrected chi connectivity index (χ4v) is 1.10. The fraction of sp³-hybridized carbons (Fsp3) is 0.444. The maximum absolute atomic E-state index is 11.3. The van der Waals surface area contributed by atoms with Crippen molar-refractivity contribution in [2.45, 2.75) is 25.9 Å². The Morgan fingerprint density at radius 2 is 2.38 bits per heavy atom. The zero-order valence-electron chi connectivity index (χ0n) is 8.86. The molecule has 0 aliphatic carbocycles. The van der Waals surface area contributed by atoms with Crippen LogP contribution in [0.15, 0.2) is 12.5 Å². The van der Waals surface area contributed by atoms with Crippen LogP contribution in [0.25, 0.3) is 0 Å². The van der Waals surface area contributed by atoms with Crippen molar-refractivity contribution in [1.82, 2.24) is 20.6 Å². The second-order valence-electron chi connectivity index (χ2n) is 3.20. The number of aromatic amines is 1. The summed E-state index contributed by atoms with van der Waals surface area (Å²) >= 11 is 0. The van der Waals surface area contributed by atoms with Crippen LogP contribution in [0.5, 0.6) is 0 Å². The lowest BCUT2D eigenvalue weighted by Gasteiger charge is -2.12. The van der Waals surface area contributed by atoms with Crippen LogP contribution < -0.4 is 10.6 Å². The summed E-state index contributed by atoms with van der Waals surface area (Å²) in [6, 6.07) is -1.37. The molecule has 0 saturated carbocycles. The number of hydrogen-bond donors (Lipinski definition) is 4. The summed E-state index contributed by atoms with van der Waals surface area (Å²) in [6.45, 7) is 1.97. The van der Waals surface area contributed by atoms with Crippen molar-refractivity contribution in [3.8, 4) is 0 Å². The van der Waals surface area contributed by atoms with E-state index in [0.717, 1.165) is 5.69 Å². The van der Waals surface area contributed by atoms with Crippen LogP contribution in [-0.4, -0.2) is 33.1 Å². The third kappa shape index (κ3) is 3.60. The van der Waals surface area contributed by atoms with Gasteiger partial charge in [-0.25, -0.2) is 14.6 Å². The Kier molecular flexibility index (Phi) is 4.31. The van der Waals surface area contributed by atoms with E-state index in [9.17, 15) is 9.59 Å². The molecule has 88 valence electrons. The number of H-pyrrole nitrogens is 1. The highest BCUT2D eigenvalue weighted by Crippen LogP contribution is 1.92. The molecule has 1 aromatic heterocycles. The Morgan fingerprint density at radius 1 is 1.62 bits per heavy atom. The van der Waals surface area contributed by atoms with Gasteiger partial charge < -0.3 is 20.7 Å². The standard InChI is InChI=1S/C9H14N4O3/c1-2-7(8(14)15)13-9(16)11-4-6-3-10-5-12-6/h3,5,7H,2,4H2,1H3,(H,10,12)(H,14,15)(H2,11,13,16)/t7-/m0/s1. The highest BCUT2D eigenvalue weighted by molar-refractivity contribution is 5.82. The van der Waals surface area contributed by atoms with Crippen molar-refractivity contribution < 1.29 is 14.7 Å². The first-order chi connectivity index (χ1) is 7.63. The number of carbonyl (C=O) groups excluding carboxylic acids is 1. The van der Waals surface area contributed by atoms with Gasteiger partial charge in [0.2, 0.25) is 0 Å². The van der Waals surface area contributed by atoms with E-state index in [1.54, 1.807) is 13.1 Å². The van der Waals surface area contributed by atoms with Gasteiger partial charge in [-0.3, -0.25) is 0 Å². The Labute approximate surface area is 92.3 Å². The number of aromatic nitrogens is 2. The van der Waals surface area contributed by atoms with Gasteiger partial charge in [0.05, 0.1) is 18.6 Å².